The summed E-state index contributed by atoms with van der Waals surface area (Å²) in [6.45, 7) is 1.03. The third kappa shape index (κ3) is 2.59. The fourth-order valence-corrected chi connectivity index (χ4v) is 3.58. The lowest BCUT2D eigenvalue weighted by molar-refractivity contribution is 0.1000. The molecule has 1 fully saturated rings. The van der Waals surface area contributed by atoms with Gasteiger partial charge in [-0.1, -0.05) is 18.6 Å². The maximum atomic E-state index is 11.5. The van der Waals surface area contributed by atoms with E-state index in [2.05, 4.69) is 32.7 Å². The molecular weight excluding hydrogens is 302 g/mol. The summed E-state index contributed by atoms with van der Waals surface area (Å²) in [6.07, 6.45) is 5.25. The average Bonchev–Trinajstić information content (AvgIpc) is 3.02. The van der Waals surface area contributed by atoms with Crippen molar-refractivity contribution in [2.45, 2.75) is 31.5 Å². The van der Waals surface area contributed by atoms with Crippen LogP contribution in [0.3, 0.4) is 0 Å². The van der Waals surface area contributed by atoms with E-state index in [9.17, 15) is 4.79 Å². The smallest absolute Gasteiger partial charge is 0.248 e. The number of carbonyl (C=O) groups excluding carboxylic acids is 1. The fourth-order valence-electron chi connectivity index (χ4n) is 3.58. The molecule has 2 aromatic rings. The van der Waals surface area contributed by atoms with Gasteiger partial charge in [-0.3, -0.25) is 4.79 Å². The highest BCUT2D eigenvalue weighted by Gasteiger charge is 2.36. The minimum absolute atomic E-state index is 0.0679. The molecule has 1 aromatic carbocycles. The number of para-hydroxylation sites is 2. The third-order valence-corrected chi connectivity index (χ3v) is 4.75. The molecule has 1 aromatic heterocycles. The second-order valence-corrected chi connectivity index (χ2v) is 6.30. The molecule has 0 aliphatic carbocycles. The Bertz CT molecular complexity index is 757. The molecule has 124 valence electrons. The van der Waals surface area contributed by atoms with Crippen LogP contribution in [0.25, 0.3) is 0 Å². The third-order valence-electron chi connectivity index (χ3n) is 4.75. The van der Waals surface area contributed by atoms with Crippen LogP contribution in [0.4, 0.5) is 17.2 Å². The van der Waals surface area contributed by atoms with Gasteiger partial charge in [0, 0.05) is 17.8 Å². The van der Waals surface area contributed by atoms with Crippen molar-refractivity contribution in [1.82, 2.24) is 10.3 Å². The van der Waals surface area contributed by atoms with Gasteiger partial charge in [-0.15, -0.1) is 0 Å². The Balaban J connectivity index is 1.75. The lowest BCUT2D eigenvalue weighted by Crippen LogP contribution is -2.52. The maximum absolute atomic E-state index is 11.5. The SMILES string of the molecule is NC(=O)c1ccnc(N2c3ccccc3NC2C2CCCCN2)c1. The van der Waals surface area contributed by atoms with Crippen LogP contribution in [-0.2, 0) is 0 Å². The number of carbonyl (C=O) groups is 1. The molecule has 2 atom stereocenters. The number of hydrogen-bond donors (Lipinski definition) is 3. The first-order valence-corrected chi connectivity index (χ1v) is 8.38. The summed E-state index contributed by atoms with van der Waals surface area (Å²) in [6, 6.07) is 11.9. The molecule has 2 aliphatic rings. The Morgan fingerprint density at radius 3 is 2.92 bits per heavy atom. The van der Waals surface area contributed by atoms with Crippen LogP contribution in [0.1, 0.15) is 29.6 Å². The average molecular weight is 323 g/mol. The highest BCUT2D eigenvalue weighted by molar-refractivity contribution is 5.94. The van der Waals surface area contributed by atoms with Gasteiger partial charge in [0.25, 0.3) is 0 Å². The number of nitrogens with zero attached hydrogens (tertiary/aromatic N) is 2. The van der Waals surface area contributed by atoms with Crippen molar-refractivity contribution >= 4 is 23.1 Å². The van der Waals surface area contributed by atoms with Crippen LogP contribution in [0, 0.1) is 0 Å². The number of benzene rings is 1. The van der Waals surface area contributed by atoms with E-state index >= 15 is 0 Å². The predicted octanol–water partition coefficient (Wildman–Crippen LogP) is 2.21. The second kappa shape index (κ2) is 6.13. The topological polar surface area (TPSA) is 83.3 Å². The van der Waals surface area contributed by atoms with Crippen molar-refractivity contribution in [2.24, 2.45) is 5.73 Å². The van der Waals surface area contributed by atoms with E-state index in [-0.39, 0.29) is 6.17 Å². The first kappa shape index (κ1) is 15.0. The quantitative estimate of drug-likeness (QED) is 0.806. The van der Waals surface area contributed by atoms with Gasteiger partial charge in [-0.05, 0) is 43.7 Å². The van der Waals surface area contributed by atoms with Crippen molar-refractivity contribution in [1.29, 1.82) is 0 Å². The lowest BCUT2D eigenvalue weighted by Gasteiger charge is -2.35. The first-order valence-electron chi connectivity index (χ1n) is 8.38. The van der Waals surface area contributed by atoms with Crippen molar-refractivity contribution in [3.05, 3.63) is 48.2 Å². The van der Waals surface area contributed by atoms with Gasteiger partial charge in [0.1, 0.15) is 12.0 Å². The van der Waals surface area contributed by atoms with E-state index in [1.54, 1.807) is 18.3 Å². The van der Waals surface area contributed by atoms with Crippen LogP contribution in [0.15, 0.2) is 42.6 Å². The molecule has 0 saturated carbocycles. The van der Waals surface area contributed by atoms with Crippen LogP contribution < -0.4 is 21.3 Å². The highest BCUT2D eigenvalue weighted by Crippen LogP contribution is 2.40. The van der Waals surface area contributed by atoms with Crippen LogP contribution in [0.5, 0.6) is 0 Å². The number of amides is 1. The minimum atomic E-state index is -0.438. The molecule has 3 heterocycles. The Kier molecular flexibility index (Phi) is 3.82. The van der Waals surface area contributed by atoms with Crippen LogP contribution >= 0.6 is 0 Å². The number of pyridine rings is 1. The molecule has 0 bridgehead atoms. The molecule has 4 rings (SSSR count). The largest absolute Gasteiger partial charge is 0.366 e. The standard InChI is InChI=1S/C18H21N5O/c19-17(24)12-8-10-21-16(11-12)23-15-7-2-1-5-13(15)22-18(23)14-6-3-4-9-20-14/h1-2,5,7-8,10-11,14,18,20,22H,3-4,6,9H2,(H2,19,24). The van der Waals surface area contributed by atoms with Gasteiger partial charge in [-0.2, -0.15) is 0 Å². The van der Waals surface area contributed by atoms with Crippen LogP contribution in [-0.4, -0.2) is 29.6 Å². The molecule has 6 nitrogen and oxygen atoms in total. The molecule has 1 amide bonds. The number of piperidine rings is 1. The number of anilines is 3. The summed E-state index contributed by atoms with van der Waals surface area (Å²) >= 11 is 0. The minimum Gasteiger partial charge on any atom is -0.366 e. The van der Waals surface area contributed by atoms with Crippen molar-refractivity contribution < 1.29 is 4.79 Å². The van der Waals surface area contributed by atoms with Crippen LogP contribution in [0.2, 0.25) is 0 Å². The Hall–Kier alpha value is -2.60. The Morgan fingerprint density at radius 2 is 2.12 bits per heavy atom. The predicted molar refractivity (Wildman–Crippen MR) is 94.4 cm³/mol. The zero-order valence-electron chi connectivity index (χ0n) is 13.4. The number of hydrogen-bond acceptors (Lipinski definition) is 5. The van der Waals surface area contributed by atoms with Crippen molar-refractivity contribution in [2.75, 3.05) is 16.8 Å². The van der Waals surface area contributed by atoms with Crippen molar-refractivity contribution in [3.63, 3.8) is 0 Å². The van der Waals surface area contributed by atoms with Gasteiger partial charge in [0.2, 0.25) is 5.91 Å². The number of rotatable bonds is 3. The second-order valence-electron chi connectivity index (χ2n) is 6.30. The molecule has 2 unspecified atom stereocenters. The van der Waals surface area contributed by atoms with Gasteiger partial charge in [0.15, 0.2) is 0 Å². The van der Waals surface area contributed by atoms with E-state index in [0.29, 0.717) is 11.6 Å². The number of aromatic nitrogens is 1. The summed E-state index contributed by atoms with van der Waals surface area (Å²) < 4.78 is 0. The van der Waals surface area contributed by atoms with E-state index in [1.807, 2.05) is 12.1 Å². The van der Waals surface area contributed by atoms with E-state index in [0.717, 1.165) is 30.2 Å². The summed E-state index contributed by atoms with van der Waals surface area (Å²) in [5, 5.41) is 7.22. The molecular formula is C18H21N5O. The molecule has 2 aliphatic heterocycles. The van der Waals surface area contributed by atoms with E-state index in [1.165, 1.54) is 12.8 Å². The normalized spacial score (nSPS) is 22.8. The fraction of sp³-hybridized carbons (Fsp3) is 0.333. The highest BCUT2D eigenvalue weighted by atomic mass is 16.1. The summed E-state index contributed by atoms with van der Waals surface area (Å²) in [4.78, 5) is 18.2. The van der Waals surface area contributed by atoms with Gasteiger partial charge < -0.3 is 21.3 Å². The molecule has 4 N–H and O–H groups in total. The molecule has 6 heteroatoms. The van der Waals surface area contributed by atoms with Gasteiger partial charge in [0.05, 0.1) is 11.4 Å². The number of nitrogens with one attached hydrogen (secondary N) is 2. The van der Waals surface area contributed by atoms with E-state index in [4.69, 9.17) is 5.73 Å². The summed E-state index contributed by atoms with van der Waals surface area (Å²) in [5.41, 5.74) is 8.07. The summed E-state index contributed by atoms with van der Waals surface area (Å²) in [5.74, 6) is 0.299. The Labute approximate surface area is 141 Å². The van der Waals surface area contributed by atoms with Crippen molar-refractivity contribution in [3.8, 4) is 0 Å². The monoisotopic (exact) mass is 323 g/mol. The van der Waals surface area contributed by atoms with E-state index < -0.39 is 5.91 Å². The first-order chi connectivity index (χ1) is 11.7. The number of fused-ring (bicyclic) bond motifs is 1. The number of primary amides is 1. The van der Waals surface area contributed by atoms with Gasteiger partial charge >= 0.3 is 0 Å². The zero-order chi connectivity index (χ0) is 16.5. The molecule has 24 heavy (non-hydrogen) atoms. The summed E-state index contributed by atoms with van der Waals surface area (Å²) in [7, 11) is 0. The Morgan fingerprint density at radius 1 is 1.25 bits per heavy atom. The molecule has 1 saturated heterocycles. The lowest BCUT2D eigenvalue weighted by atomic mass is 10.0. The molecule has 0 radical (unpaired) electrons. The number of nitrogens with two attached hydrogens (primary N) is 1. The van der Waals surface area contributed by atoms with Gasteiger partial charge in [-0.25, -0.2) is 4.98 Å². The maximum Gasteiger partial charge on any atom is 0.248 e. The molecule has 0 spiro atoms. The zero-order valence-corrected chi connectivity index (χ0v) is 13.4.